The van der Waals surface area contributed by atoms with Gasteiger partial charge in [-0.2, -0.15) is 0 Å². The van der Waals surface area contributed by atoms with E-state index in [1.165, 1.54) is 44.9 Å². The van der Waals surface area contributed by atoms with E-state index in [1.54, 1.807) is 0 Å². The van der Waals surface area contributed by atoms with Crippen LogP contribution in [0.1, 0.15) is 71.1 Å². The zero-order valence-corrected chi connectivity index (χ0v) is 15.5. The molecule has 4 atom stereocenters. The van der Waals surface area contributed by atoms with Gasteiger partial charge in [0.05, 0.1) is 6.61 Å². The highest BCUT2D eigenvalue weighted by atomic mass is 16.5. The molecule has 0 spiro atoms. The normalized spacial score (nSPS) is 16.4. The van der Waals surface area contributed by atoms with E-state index in [0.717, 1.165) is 19.3 Å². The Hall–Kier alpha value is -0.730. The fourth-order valence-corrected chi connectivity index (χ4v) is 2.66. The first-order valence-corrected chi connectivity index (χ1v) is 9.51. The van der Waals surface area contributed by atoms with Crippen LogP contribution < -0.4 is 5.73 Å². The van der Waals surface area contributed by atoms with Crippen molar-refractivity contribution in [3.63, 3.8) is 0 Å². The van der Waals surface area contributed by atoms with Crippen molar-refractivity contribution in [2.75, 3.05) is 13.2 Å². The maximum atomic E-state index is 11.4. The molecule has 0 aromatic rings. The summed E-state index contributed by atoms with van der Waals surface area (Å²) in [7, 11) is 0. The van der Waals surface area contributed by atoms with Crippen LogP contribution in [0.3, 0.4) is 0 Å². The molecule has 0 unspecified atom stereocenters. The number of carbonyl (C=O) groups is 1. The smallest absolute Gasteiger partial charge is 0.249 e. The molecule has 0 aliphatic carbocycles. The summed E-state index contributed by atoms with van der Waals surface area (Å²) < 4.78 is 5.28. The van der Waals surface area contributed by atoms with Gasteiger partial charge in [0.1, 0.15) is 18.3 Å². The van der Waals surface area contributed by atoms with E-state index in [2.05, 4.69) is 6.92 Å². The Labute approximate surface area is 151 Å². The Morgan fingerprint density at radius 2 is 1.36 bits per heavy atom. The van der Waals surface area contributed by atoms with Crippen LogP contribution in [0.5, 0.6) is 0 Å². The van der Waals surface area contributed by atoms with E-state index in [0.29, 0.717) is 0 Å². The average Bonchev–Trinajstić information content (AvgIpc) is 2.60. The molecule has 0 saturated heterocycles. The van der Waals surface area contributed by atoms with Crippen molar-refractivity contribution in [3.05, 3.63) is 0 Å². The molecule has 0 heterocycles. The minimum Gasteiger partial charge on any atom is -0.394 e. The lowest BCUT2D eigenvalue weighted by Crippen LogP contribution is -2.51. The van der Waals surface area contributed by atoms with Crippen LogP contribution in [-0.4, -0.2) is 64.0 Å². The second kappa shape index (κ2) is 15.5. The zero-order chi connectivity index (χ0) is 19.1. The van der Waals surface area contributed by atoms with Gasteiger partial charge in [0, 0.05) is 6.61 Å². The fourth-order valence-electron chi connectivity index (χ4n) is 2.66. The van der Waals surface area contributed by atoms with Crippen LogP contribution >= 0.6 is 0 Å². The average molecular weight is 363 g/mol. The zero-order valence-electron chi connectivity index (χ0n) is 15.5. The minimum absolute atomic E-state index is 0.239. The summed E-state index contributed by atoms with van der Waals surface area (Å²) >= 11 is 0. The number of nitrogens with two attached hydrogens (primary N) is 1. The molecule has 150 valence electrons. The van der Waals surface area contributed by atoms with E-state index in [1.807, 2.05) is 0 Å². The molecule has 0 rings (SSSR count). The minimum atomic E-state index is -1.70. The molecule has 1 amide bonds. The van der Waals surface area contributed by atoms with Gasteiger partial charge in [0.2, 0.25) is 5.91 Å². The molecule has 0 aliphatic rings. The molecule has 0 aliphatic heterocycles. The van der Waals surface area contributed by atoms with Crippen LogP contribution in [-0.2, 0) is 9.53 Å². The maximum absolute atomic E-state index is 11.4. The van der Waals surface area contributed by atoms with Gasteiger partial charge in [-0.3, -0.25) is 4.79 Å². The second-order valence-corrected chi connectivity index (χ2v) is 6.61. The number of unbranched alkanes of at least 4 members (excludes halogenated alkanes) is 9. The van der Waals surface area contributed by atoms with Gasteiger partial charge in [0.15, 0.2) is 6.10 Å². The Bertz CT molecular complexity index is 329. The number of aliphatic hydroxyl groups excluding tert-OH is 4. The lowest BCUT2D eigenvalue weighted by molar-refractivity contribution is -0.155. The summed E-state index contributed by atoms with van der Waals surface area (Å²) in [5, 5.41) is 37.6. The summed E-state index contributed by atoms with van der Waals surface area (Å²) in [5.41, 5.74) is 5.17. The molecule has 7 heteroatoms. The molecule has 25 heavy (non-hydrogen) atoms. The highest BCUT2D eigenvalue weighted by molar-refractivity contribution is 5.79. The first kappa shape index (κ1) is 24.3. The molecule has 6 N–H and O–H groups in total. The van der Waals surface area contributed by atoms with Gasteiger partial charge < -0.3 is 30.9 Å². The SMILES string of the molecule is CCCCCCCCCCCCO[C@@H](C(N)=O)[C@@H](O)[C@H](O)[C@H](O)CO. The lowest BCUT2D eigenvalue weighted by Gasteiger charge is -2.27. The number of carbonyl (C=O) groups excluding carboxylic acids is 1. The Morgan fingerprint density at radius 3 is 1.80 bits per heavy atom. The van der Waals surface area contributed by atoms with Crippen LogP contribution in [0.25, 0.3) is 0 Å². The summed E-state index contributed by atoms with van der Waals surface area (Å²) in [6, 6.07) is 0. The molecule has 0 aromatic heterocycles. The van der Waals surface area contributed by atoms with Gasteiger partial charge in [-0.25, -0.2) is 0 Å². The highest BCUT2D eigenvalue weighted by Crippen LogP contribution is 2.12. The third-order valence-corrected chi connectivity index (χ3v) is 4.32. The molecular formula is C18H37NO6. The van der Waals surface area contributed by atoms with Crippen molar-refractivity contribution < 1.29 is 30.0 Å². The standard InChI is InChI=1S/C18H37NO6/c1-2-3-4-5-6-7-8-9-10-11-12-25-17(18(19)24)16(23)15(22)14(21)13-20/h14-17,20-23H,2-13H2,1H3,(H2,19,24)/t14-,15-,16+,17-/m1/s1. The van der Waals surface area contributed by atoms with Crippen molar-refractivity contribution in [3.8, 4) is 0 Å². The fraction of sp³-hybridized carbons (Fsp3) is 0.944. The van der Waals surface area contributed by atoms with Crippen LogP contribution in [0.2, 0.25) is 0 Å². The number of hydrogen-bond donors (Lipinski definition) is 5. The largest absolute Gasteiger partial charge is 0.394 e. The van der Waals surface area contributed by atoms with Gasteiger partial charge in [-0.15, -0.1) is 0 Å². The number of aliphatic hydroxyl groups is 4. The van der Waals surface area contributed by atoms with Gasteiger partial charge in [0.25, 0.3) is 0 Å². The molecule has 7 nitrogen and oxygen atoms in total. The van der Waals surface area contributed by atoms with Gasteiger partial charge in [-0.05, 0) is 6.42 Å². The first-order valence-electron chi connectivity index (χ1n) is 9.51. The Morgan fingerprint density at radius 1 is 0.880 bits per heavy atom. The van der Waals surface area contributed by atoms with Crippen molar-refractivity contribution in [2.45, 2.75) is 95.5 Å². The summed E-state index contributed by atoms with van der Waals surface area (Å²) in [4.78, 5) is 11.4. The monoisotopic (exact) mass is 363 g/mol. The summed E-state index contributed by atoms with van der Waals surface area (Å²) in [6.07, 6.45) is 5.31. The van der Waals surface area contributed by atoms with Gasteiger partial charge in [-0.1, -0.05) is 64.7 Å². The quantitative estimate of drug-likeness (QED) is 0.243. The van der Waals surface area contributed by atoms with Crippen molar-refractivity contribution in [2.24, 2.45) is 5.73 Å². The van der Waals surface area contributed by atoms with Crippen LogP contribution in [0, 0.1) is 0 Å². The number of ether oxygens (including phenoxy) is 1. The third kappa shape index (κ3) is 11.5. The molecule has 0 aromatic carbocycles. The van der Waals surface area contributed by atoms with Crippen LogP contribution in [0.15, 0.2) is 0 Å². The van der Waals surface area contributed by atoms with E-state index in [9.17, 15) is 20.1 Å². The third-order valence-electron chi connectivity index (χ3n) is 4.32. The second-order valence-electron chi connectivity index (χ2n) is 6.61. The maximum Gasteiger partial charge on any atom is 0.249 e. The van der Waals surface area contributed by atoms with E-state index >= 15 is 0 Å². The lowest BCUT2D eigenvalue weighted by atomic mass is 10.0. The molecule has 0 saturated carbocycles. The molecule has 0 radical (unpaired) electrons. The van der Waals surface area contributed by atoms with E-state index < -0.39 is 36.9 Å². The number of amides is 1. The Balaban J connectivity index is 3.82. The highest BCUT2D eigenvalue weighted by Gasteiger charge is 2.35. The predicted octanol–water partition coefficient (Wildman–Crippen LogP) is 0.853. The van der Waals surface area contributed by atoms with E-state index in [4.69, 9.17) is 15.6 Å². The predicted molar refractivity (Wildman–Crippen MR) is 95.9 cm³/mol. The molecular weight excluding hydrogens is 326 g/mol. The number of hydrogen-bond acceptors (Lipinski definition) is 6. The van der Waals surface area contributed by atoms with Crippen LogP contribution in [0.4, 0.5) is 0 Å². The van der Waals surface area contributed by atoms with Gasteiger partial charge >= 0.3 is 0 Å². The number of primary amides is 1. The molecule has 0 bridgehead atoms. The Kier molecular flexibility index (Phi) is 15.1. The topological polar surface area (TPSA) is 133 Å². The summed E-state index contributed by atoms with van der Waals surface area (Å²) in [6.45, 7) is 1.71. The van der Waals surface area contributed by atoms with E-state index in [-0.39, 0.29) is 6.61 Å². The van der Waals surface area contributed by atoms with Crippen molar-refractivity contribution in [1.29, 1.82) is 0 Å². The van der Waals surface area contributed by atoms with Crippen molar-refractivity contribution >= 4 is 5.91 Å². The summed E-state index contributed by atoms with van der Waals surface area (Å²) in [5.74, 6) is -0.913. The first-order chi connectivity index (χ1) is 12.0. The van der Waals surface area contributed by atoms with Crippen molar-refractivity contribution in [1.82, 2.24) is 0 Å². The molecule has 0 fully saturated rings. The number of rotatable bonds is 17.